The predicted octanol–water partition coefficient (Wildman–Crippen LogP) is -1.26. The molecule has 0 spiro atoms. The van der Waals surface area contributed by atoms with Crippen molar-refractivity contribution >= 4 is 6.29 Å². The van der Waals surface area contributed by atoms with E-state index >= 15 is 0 Å². The molecule has 0 aliphatic carbocycles. The molecule has 0 N–H and O–H groups in total. The summed E-state index contributed by atoms with van der Waals surface area (Å²) in [6.07, 6.45) is 3.15. The Morgan fingerprint density at radius 1 is 1.75 bits per heavy atom. The molecule has 1 atom stereocenters. The van der Waals surface area contributed by atoms with Gasteiger partial charge in [-0.15, -0.1) is 0 Å². The van der Waals surface area contributed by atoms with Gasteiger partial charge in [0.2, 0.25) is 0 Å². The second-order valence-corrected chi connectivity index (χ2v) is 1.90. The minimum atomic E-state index is 0. The second-order valence-electron chi connectivity index (χ2n) is 1.90. The van der Waals surface area contributed by atoms with Gasteiger partial charge in [-0.1, -0.05) is 20.3 Å². The third-order valence-corrected chi connectivity index (χ3v) is 0.976. The van der Waals surface area contributed by atoms with Crippen LogP contribution in [-0.4, -0.2) is 6.29 Å². The van der Waals surface area contributed by atoms with Gasteiger partial charge in [0.25, 0.3) is 0 Å². The number of aldehydes is 1. The van der Waals surface area contributed by atoms with Crippen LogP contribution in [0, 0.1) is 5.92 Å². The normalized spacial score (nSPS) is 11.8. The standard InChI is InChI=1S/C6H12O.Li.H/c1-3-4-6(2)5-7;;/h5-6H,3-4H2,1-2H3;;/q;+1;-1. The van der Waals surface area contributed by atoms with E-state index in [9.17, 15) is 4.79 Å². The summed E-state index contributed by atoms with van der Waals surface area (Å²) in [5.41, 5.74) is 0. The molecule has 0 aromatic carbocycles. The molecule has 8 heavy (non-hydrogen) atoms. The Labute approximate surface area is 64.5 Å². The first-order chi connectivity index (χ1) is 3.31. The van der Waals surface area contributed by atoms with E-state index in [4.69, 9.17) is 0 Å². The second kappa shape index (κ2) is 7.27. The molecule has 0 fully saturated rings. The number of carbonyl (C=O) groups is 1. The molecule has 0 radical (unpaired) electrons. The number of rotatable bonds is 3. The van der Waals surface area contributed by atoms with Crippen LogP contribution in [0.4, 0.5) is 0 Å². The van der Waals surface area contributed by atoms with Crippen molar-refractivity contribution < 1.29 is 25.1 Å². The zero-order valence-corrected chi connectivity index (χ0v) is 5.98. The van der Waals surface area contributed by atoms with E-state index < -0.39 is 0 Å². The van der Waals surface area contributed by atoms with Gasteiger partial charge in [-0.05, 0) is 6.42 Å². The van der Waals surface area contributed by atoms with Crippen LogP contribution in [0.5, 0.6) is 0 Å². The van der Waals surface area contributed by atoms with Gasteiger partial charge in [0.05, 0.1) is 0 Å². The molecule has 1 unspecified atom stereocenters. The van der Waals surface area contributed by atoms with Crippen molar-refractivity contribution in [3.63, 3.8) is 0 Å². The molecule has 0 aliphatic heterocycles. The first-order valence-electron chi connectivity index (χ1n) is 2.76. The van der Waals surface area contributed by atoms with Gasteiger partial charge in [-0.2, -0.15) is 0 Å². The van der Waals surface area contributed by atoms with Gasteiger partial charge < -0.3 is 6.22 Å². The minimum Gasteiger partial charge on any atom is -1.00 e. The molecule has 0 bridgehead atoms. The van der Waals surface area contributed by atoms with E-state index in [0.717, 1.165) is 19.1 Å². The van der Waals surface area contributed by atoms with Crippen LogP contribution in [0.25, 0.3) is 0 Å². The van der Waals surface area contributed by atoms with E-state index in [2.05, 4.69) is 6.92 Å². The van der Waals surface area contributed by atoms with Gasteiger partial charge >= 0.3 is 18.9 Å². The molecule has 0 aromatic heterocycles. The van der Waals surface area contributed by atoms with Crippen molar-refractivity contribution in [2.75, 3.05) is 0 Å². The van der Waals surface area contributed by atoms with Crippen LogP contribution in [0.2, 0.25) is 0 Å². The number of carbonyl (C=O) groups excluding carboxylic acids is 1. The summed E-state index contributed by atoms with van der Waals surface area (Å²) in [5, 5.41) is 0. The van der Waals surface area contributed by atoms with Crippen molar-refractivity contribution in [2.24, 2.45) is 5.92 Å². The van der Waals surface area contributed by atoms with Crippen molar-refractivity contribution in [2.45, 2.75) is 26.7 Å². The summed E-state index contributed by atoms with van der Waals surface area (Å²) in [5.74, 6) is 0.269. The summed E-state index contributed by atoms with van der Waals surface area (Å²) in [6, 6.07) is 0. The Bertz CT molecular complexity index is 59.0. The van der Waals surface area contributed by atoms with E-state index in [0.29, 0.717) is 0 Å². The van der Waals surface area contributed by atoms with Crippen molar-refractivity contribution in [3.8, 4) is 0 Å². The molecule has 0 rings (SSSR count). The van der Waals surface area contributed by atoms with Crippen molar-refractivity contribution in [1.82, 2.24) is 0 Å². The third-order valence-electron chi connectivity index (χ3n) is 0.976. The van der Waals surface area contributed by atoms with Crippen LogP contribution in [0.1, 0.15) is 28.1 Å². The largest absolute Gasteiger partial charge is 1.00 e. The Hall–Kier alpha value is 0.267. The van der Waals surface area contributed by atoms with Gasteiger partial charge in [-0.25, -0.2) is 0 Å². The van der Waals surface area contributed by atoms with E-state index in [1.807, 2.05) is 6.92 Å². The summed E-state index contributed by atoms with van der Waals surface area (Å²) in [6.45, 7) is 4.02. The Kier molecular flexibility index (Phi) is 10.1. The number of hydrogen-bond donors (Lipinski definition) is 0. The zero-order chi connectivity index (χ0) is 5.70. The molecule has 0 aromatic rings. The Morgan fingerprint density at radius 2 is 2.25 bits per heavy atom. The molecule has 0 amide bonds. The van der Waals surface area contributed by atoms with Crippen LogP contribution >= 0.6 is 0 Å². The average Bonchev–Trinajstić information content (AvgIpc) is 1.68. The maximum absolute atomic E-state index is 9.89. The first-order valence-corrected chi connectivity index (χ1v) is 2.76. The van der Waals surface area contributed by atoms with Crippen LogP contribution in [0.15, 0.2) is 0 Å². The van der Waals surface area contributed by atoms with E-state index in [1.165, 1.54) is 0 Å². The van der Waals surface area contributed by atoms with Crippen LogP contribution in [0.3, 0.4) is 0 Å². The SMILES string of the molecule is CCCC(C)C=O.[H-].[Li+]. The molecular formula is C6H13LiO. The van der Waals surface area contributed by atoms with E-state index in [1.54, 1.807) is 0 Å². The van der Waals surface area contributed by atoms with Gasteiger partial charge in [-0.3, -0.25) is 0 Å². The van der Waals surface area contributed by atoms with Gasteiger partial charge in [0, 0.05) is 5.92 Å². The molecule has 44 valence electrons. The predicted molar refractivity (Wildman–Crippen MR) is 31.2 cm³/mol. The minimum absolute atomic E-state index is 0. The average molecular weight is 108 g/mol. The molecule has 2 heteroatoms. The van der Waals surface area contributed by atoms with E-state index in [-0.39, 0.29) is 26.2 Å². The smallest absolute Gasteiger partial charge is 1.00 e. The molecule has 1 nitrogen and oxygen atoms in total. The fraction of sp³-hybridized carbons (Fsp3) is 0.833. The molecular weight excluding hydrogens is 95.0 g/mol. The zero-order valence-electron chi connectivity index (χ0n) is 6.98. The maximum Gasteiger partial charge on any atom is 1.00 e. The van der Waals surface area contributed by atoms with Gasteiger partial charge in [0.15, 0.2) is 0 Å². The fourth-order valence-corrected chi connectivity index (χ4v) is 0.523. The monoisotopic (exact) mass is 108 g/mol. The Morgan fingerprint density at radius 3 is 2.38 bits per heavy atom. The molecule has 0 saturated carbocycles. The first kappa shape index (κ1) is 11.1. The van der Waals surface area contributed by atoms with Crippen LogP contribution in [-0.2, 0) is 4.79 Å². The van der Waals surface area contributed by atoms with Gasteiger partial charge in [0.1, 0.15) is 6.29 Å². The maximum atomic E-state index is 9.89. The molecule has 0 aliphatic rings. The third kappa shape index (κ3) is 6.27. The molecule has 0 heterocycles. The summed E-state index contributed by atoms with van der Waals surface area (Å²) in [4.78, 5) is 9.89. The summed E-state index contributed by atoms with van der Waals surface area (Å²) in [7, 11) is 0. The summed E-state index contributed by atoms with van der Waals surface area (Å²) < 4.78 is 0. The fourth-order valence-electron chi connectivity index (χ4n) is 0.523. The molecule has 0 saturated heterocycles. The van der Waals surface area contributed by atoms with Crippen molar-refractivity contribution in [3.05, 3.63) is 0 Å². The quantitative estimate of drug-likeness (QED) is 0.326. The Balaban J connectivity index is -0.000000180. The topological polar surface area (TPSA) is 17.1 Å². The summed E-state index contributed by atoms with van der Waals surface area (Å²) >= 11 is 0. The number of hydrogen-bond acceptors (Lipinski definition) is 1. The van der Waals surface area contributed by atoms with Crippen molar-refractivity contribution in [1.29, 1.82) is 0 Å². The van der Waals surface area contributed by atoms with Crippen LogP contribution < -0.4 is 18.9 Å².